The molecule has 1 aliphatic carbocycles. The first-order chi connectivity index (χ1) is 12.2. The predicted octanol–water partition coefficient (Wildman–Crippen LogP) is 3.36. The molecule has 0 unspecified atom stereocenters. The number of methoxy groups -OCH3 is 1. The highest BCUT2D eigenvalue weighted by molar-refractivity contribution is 5.76. The number of nitrogens with zero attached hydrogens (tertiary/aromatic N) is 2. The van der Waals surface area contributed by atoms with Crippen LogP contribution in [0.1, 0.15) is 24.6 Å². The molecule has 3 aromatic rings. The summed E-state index contributed by atoms with van der Waals surface area (Å²) in [5, 5.41) is 10.5. The van der Waals surface area contributed by atoms with Crippen molar-refractivity contribution in [2.45, 2.75) is 31.4 Å². The molecule has 4 rings (SSSR count). The van der Waals surface area contributed by atoms with Gasteiger partial charge in [0.1, 0.15) is 30.0 Å². The fourth-order valence-electron chi connectivity index (χ4n) is 3.07. The van der Waals surface area contributed by atoms with Gasteiger partial charge in [0.2, 0.25) is 0 Å². The quantitative estimate of drug-likeness (QED) is 0.718. The van der Waals surface area contributed by atoms with Crippen molar-refractivity contribution in [3.63, 3.8) is 0 Å². The van der Waals surface area contributed by atoms with Crippen molar-refractivity contribution in [1.82, 2.24) is 9.55 Å². The Morgan fingerprint density at radius 3 is 2.56 bits per heavy atom. The van der Waals surface area contributed by atoms with Gasteiger partial charge in [-0.25, -0.2) is 4.98 Å². The lowest BCUT2D eigenvalue weighted by atomic mass is 10.3. The van der Waals surface area contributed by atoms with E-state index in [9.17, 15) is 5.11 Å². The van der Waals surface area contributed by atoms with E-state index in [4.69, 9.17) is 14.5 Å². The van der Waals surface area contributed by atoms with Gasteiger partial charge in [-0.15, -0.1) is 0 Å². The highest BCUT2D eigenvalue weighted by atomic mass is 16.5. The van der Waals surface area contributed by atoms with Crippen LogP contribution in [-0.2, 0) is 6.54 Å². The molecule has 130 valence electrons. The van der Waals surface area contributed by atoms with Crippen LogP contribution in [0.25, 0.3) is 11.0 Å². The first-order valence-electron chi connectivity index (χ1n) is 8.64. The van der Waals surface area contributed by atoms with E-state index in [-0.39, 0.29) is 6.61 Å². The lowest BCUT2D eigenvalue weighted by molar-refractivity contribution is 0.0927. The van der Waals surface area contributed by atoms with Gasteiger partial charge in [-0.2, -0.15) is 0 Å². The number of hydrogen-bond acceptors (Lipinski definition) is 4. The van der Waals surface area contributed by atoms with Gasteiger partial charge in [0.15, 0.2) is 0 Å². The normalized spacial score (nSPS) is 15.3. The third-order valence-corrected chi connectivity index (χ3v) is 4.52. The van der Waals surface area contributed by atoms with Crippen LogP contribution >= 0.6 is 0 Å². The summed E-state index contributed by atoms with van der Waals surface area (Å²) in [7, 11) is 1.63. The second-order valence-corrected chi connectivity index (χ2v) is 6.48. The maximum absolute atomic E-state index is 10.5. The highest BCUT2D eigenvalue weighted by Crippen LogP contribution is 2.40. The number of aliphatic hydroxyl groups excluding tert-OH is 1. The van der Waals surface area contributed by atoms with E-state index < -0.39 is 6.10 Å². The zero-order valence-corrected chi connectivity index (χ0v) is 14.3. The summed E-state index contributed by atoms with van der Waals surface area (Å²) in [4.78, 5) is 4.76. The molecular weight excluding hydrogens is 316 g/mol. The van der Waals surface area contributed by atoms with Gasteiger partial charge in [-0.1, -0.05) is 12.1 Å². The molecule has 2 aromatic carbocycles. The molecule has 1 atom stereocenters. The van der Waals surface area contributed by atoms with Crippen LogP contribution in [0.4, 0.5) is 0 Å². The standard InChI is InChI=1S/C20H22N2O3/c1-24-16-8-10-17(11-9-16)25-13-15(23)12-22-19-5-3-2-4-18(19)21-20(22)14-6-7-14/h2-5,8-11,14-15,23H,6-7,12-13H2,1H3/t15-/m1/s1. The van der Waals surface area contributed by atoms with E-state index in [1.807, 2.05) is 42.5 Å². The van der Waals surface area contributed by atoms with Crippen LogP contribution < -0.4 is 9.47 Å². The fraction of sp³-hybridized carbons (Fsp3) is 0.350. The molecule has 1 aliphatic rings. The molecule has 0 aliphatic heterocycles. The number of hydrogen-bond donors (Lipinski definition) is 1. The minimum Gasteiger partial charge on any atom is -0.497 e. The summed E-state index contributed by atoms with van der Waals surface area (Å²) < 4.78 is 13.0. The van der Waals surface area contributed by atoms with Crippen molar-refractivity contribution in [3.8, 4) is 11.5 Å². The predicted molar refractivity (Wildman–Crippen MR) is 96.2 cm³/mol. The molecule has 5 heteroatoms. The minimum absolute atomic E-state index is 0.239. The monoisotopic (exact) mass is 338 g/mol. The SMILES string of the molecule is COc1ccc(OC[C@H](O)Cn2c(C3CC3)nc3ccccc32)cc1. The Labute approximate surface area is 146 Å². The Morgan fingerprint density at radius 2 is 1.84 bits per heavy atom. The topological polar surface area (TPSA) is 56.5 Å². The van der Waals surface area contributed by atoms with Crippen LogP contribution in [0.2, 0.25) is 0 Å². The number of aromatic nitrogens is 2. The summed E-state index contributed by atoms with van der Waals surface area (Å²) in [5.41, 5.74) is 2.07. The Bertz CT molecular complexity index is 853. The third kappa shape index (κ3) is 3.46. The Balaban J connectivity index is 1.46. The maximum atomic E-state index is 10.5. The van der Waals surface area contributed by atoms with E-state index in [0.29, 0.717) is 12.5 Å². The molecule has 25 heavy (non-hydrogen) atoms. The first kappa shape index (κ1) is 16.0. The van der Waals surface area contributed by atoms with Crippen LogP contribution in [0.5, 0.6) is 11.5 Å². The molecule has 0 saturated heterocycles. The van der Waals surface area contributed by atoms with Gasteiger partial charge >= 0.3 is 0 Å². The van der Waals surface area contributed by atoms with Gasteiger partial charge in [0.25, 0.3) is 0 Å². The van der Waals surface area contributed by atoms with Gasteiger partial charge in [0, 0.05) is 5.92 Å². The Hall–Kier alpha value is -2.53. The third-order valence-electron chi connectivity index (χ3n) is 4.52. The second-order valence-electron chi connectivity index (χ2n) is 6.48. The number of fused-ring (bicyclic) bond motifs is 1. The summed E-state index contributed by atoms with van der Waals surface area (Å²) in [6, 6.07) is 15.5. The number of para-hydroxylation sites is 2. The molecule has 5 nitrogen and oxygen atoms in total. The number of imidazole rings is 1. The molecule has 0 bridgehead atoms. The van der Waals surface area contributed by atoms with Crippen molar-refractivity contribution in [2.24, 2.45) is 0 Å². The molecule has 1 heterocycles. The largest absolute Gasteiger partial charge is 0.497 e. The van der Waals surface area contributed by atoms with Crippen molar-refractivity contribution < 1.29 is 14.6 Å². The van der Waals surface area contributed by atoms with E-state index in [2.05, 4.69) is 10.6 Å². The summed E-state index contributed by atoms with van der Waals surface area (Å²) in [6.07, 6.45) is 1.76. The van der Waals surface area contributed by atoms with Crippen LogP contribution in [-0.4, -0.2) is 34.5 Å². The first-order valence-corrected chi connectivity index (χ1v) is 8.64. The van der Waals surface area contributed by atoms with Gasteiger partial charge in [-0.3, -0.25) is 0 Å². The van der Waals surface area contributed by atoms with Crippen LogP contribution in [0.3, 0.4) is 0 Å². The molecule has 0 spiro atoms. The second kappa shape index (κ2) is 6.76. The van der Waals surface area contributed by atoms with E-state index >= 15 is 0 Å². The summed E-state index contributed by atoms with van der Waals surface area (Å²) >= 11 is 0. The zero-order valence-electron chi connectivity index (χ0n) is 14.3. The lowest BCUT2D eigenvalue weighted by Gasteiger charge is -2.15. The van der Waals surface area contributed by atoms with E-state index in [1.54, 1.807) is 7.11 Å². The Morgan fingerprint density at radius 1 is 1.12 bits per heavy atom. The Kier molecular flexibility index (Phi) is 4.32. The zero-order chi connectivity index (χ0) is 17.2. The minimum atomic E-state index is -0.600. The average molecular weight is 338 g/mol. The van der Waals surface area contributed by atoms with E-state index in [1.165, 1.54) is 12.8 Å². The van der Waals surface area contributed by atoms with Gasteiger partial charge < -0.3 is 19.1 Å². The molecule has 1 saturated carbocycles. The lowest BCUT2D eigenvalue weighted by Crippen LogP contribution is -2.24. The molecule has 1 N–H and O–H groups in total. The van der Waals surface area contributed by atoms with Crippen molar-refractivity contribution in [3.05, 3.63) is 54.4 Å². The summed E-state index contributed by atoms with van der Waals surface area (Å²) in [5.74, 6) is 3.12. The van der Waals surface area contributed by atoms with E-state index in [0.717, 1.165) is 28.4 Å². The van der Waals surface area contributed by atoms with Crippen molar-refractivity contribution in [2.75, 3.05) is 13.7 Å². The van der Waals surface area contributed by atoms with Crippen molar-refractivity contribution in [1.29, 1.82) is 0 Å². The molecule has 0 amide bonds. The smallest absolute Gasteiger partial charge is 0.119 e. The van der Waals surface area contributed by atoms with Gasteiger partial charge in [0.05, 0.1) is 24.7 Å². The molecule has 1 fully saturated rings. The molecular formula is C20H22N2O3. The number of benzene rings is 2. The maximum Gasteiger partial charge on any atom is 0.119 e. The van der Waals surface area contributed by atoms with Crippen LogP contribution in [0.15, 0.2) is 48.5 Å². The fourth-order valence-corrected chi connectivity index (χ4v) is 3.07. The van der Waals surface area contributed by atoms with Gasteiger partial charge in [-0.05, 0) is 49.2 Å². The number of rotatable bonds is 7. The van der Waals surface area contributed by atoms with Crippen LogP contribution in [0, 0.1) is 0 Å². The number of ether oxygens (including phenoxy) is 2. The molecule has 1 aromatic heterocycles. The number of aliphatic hydroxyl groups is 1. The highest BCUT2D eigenvalue weighted by Gasteiger charge is 2.30. The molecule has 0 radical (unpaired) electrons. The summed E-state index contributed by atoms with van der Waals surface area (Å²) in [6.45, 7) is 0.728. The average Bonchev–Trinajstić information content (AvgIpc) is 3.43. The van der Waals surface area contributed by atoms with Crippen molar-refractivity contribution >= 4 is 11.0 Å².